The third kappa shape index (κ3) is 8.48. The third-order valence-corrected chi connectivity index (χ3v) is 2.11. The molecule has 0 heterocycles. The average Bonchev–Trinajstić information content (AvgIpc) is 1.97. The molecule has 0 atom stereocenters. The number of nitrogens with one attached hydrogen (secondary N) is 1. The second-order valence-corrected chi connectivity index (χ2v) is 3.34. The Labute approximate surface area is 73.0 Å². The van der Waals surface area contributed by atoms with Crippen LogP contribution in [0, 0.1) is 0 Å². The molecule has 1 nitrogen and oxygen atoms in total. The van der Waals surface area contributed by atoms with Crippen molar-refractivity contribution in [3.8, 4) is 0 Å². The number of rotatable bonds is 7. The molecule has 0 saturated heterocycles. The summed E-state index contributed by atoms with van der Waals surface area (Å²) >= 11 is 2.41. The van der Waals surface area contributed by atoms with E-state index >= 15 is 0 Å². The molecule has 10 heavy (non-hydrogen) atoms. The van der Waals surface area contributed by atoms with E-state index in [9.17, 15) is 0 Å². The van der Waals surface area contributed by atoms with Crippen LogP contribution in [0.1, 0.15) is 45.4 Å². The van der Waals surface area contributed by atoms with Gasteiger partial charge < -0.3 is 0 Å². The van der Waals surface area contributed by atoms with Gasteiger partial charge in [-0.15, -0.1) is 0 Å². The zero-order valence-electron chi connectivity index (χ0n) is 6.90. The standard InChI is InChI=1S/C8H19NSe/c1-2-3-4-5-6-7-8-9-10/h9-10H,2-8H2,1H3. The summed E-state index contributed by atoms with van der Waals surface area (Å²) in [6.07, 6.45) is 8.33. The van der Waals surface area contributed by atoms with Crippen LogP contribution in [0.5, 0.6) is 0 Å². The van der Waals surface area contributed by atoms with Crippen LogP contribution in [0.3, 0.4) is 0 Å². The predicted octanol–water partition coefficient (Wildman–Crippen LogP) is 1.75. The number of unbranched alkanes of at least 4 members (excludes halogenated alkanes) is 5. The molecule has 0 bridgehead atoms. The molecule has 0 aliphatic rings. The van der Waals surface area contributed by atoms with Crippen LogP contribution in [0.15, 0.2) is 0 Å². The molecule has 62 valence electrons. The normalized spacial score (nSPS) is 10.2. The van der Waals surface area contributed by atoms with Gasteiger partial charge in [-0.25, -0.2) is 0 Å². The van der Waals surface area contributed by atoms with E-state index in [1.165, 1.54) is 38.5 Å². The quantitative estimate of drug-likeness (QED) is 0.496. The van der Waals surface area contributed by atoms with Crippen LogP contribution in [-0.4, -0.2) is 22.8 Å². The second kappa shape index (κ2) is 9.48. The van der Waals surface area contributed by atoms with Gasteiger partial charge in [0.05, 0.1) is 0 Å². The van der Waals surface area contributed by atoms with Crippen LogP contribution in [0.4, 0.5) is 0 Å². The minimum atomic E-state index is 1.16. The minimum absolute atomic E-state index is 1.16. The van der Waals surface area contributed by atoms with Gasteiger partial charge in [-0.2, -0.15) is 0 Å². The van der Waals surface area contributed by atoms with Gasteiger partial charge >= 0.3 is 72.6 Å². The van der Waals surface area contributed by atoms with Crippen LogP contribution >= 0.6 is 0 Å². The Balaban J connectivity index is 2.65. The van der Waals surface area contributed by atoms with E-state index in [0.717, 1.165) is 6.54 Å². The van der Waals surface area contributed by atoms with Crippen molar-refractivity contribution >= 4 is 16.2 Å². The van der Waals surface area contributed by atoms with Gasteiger partial charge in [0.15, 0.2) is 0 Å². The van der Waals surface area contributed by atoms with E-state index in [2.05, 4.69) is 27.5 Å². The van der Waals surface area contributed by atoms with Gasteiger partial charge in [0.2, 0.25) is 0 Å². The zero-order chi connectivity index (χ0) is 7.66. The molecule has 0 spiro atoms. The maximum absolute atomic E-state index is 3.10. The Hall–Kier alpha value is 0.479. The fourth-order valence-corrected chi connectivity index (χ4v) is 1.32. The summed E-state index contributed by atoms with van der Waals surface area (Å²) in [7, 11) is 0. The van der Waals surface area contributed by atoms with Gasteiger partial charge in [0.25, 0.3) is 0 Å². The third-order valence-electron chi connectivity index (χ3n) is 1.64. The average molecular weight is 208 g/mol. The van der Waals surface area contributed by atoms with Crippen molar-refractivity contribution in [2.45, 2.75) is 45.4 Å². The molecule has 0 fully saturated rings. The first kappa shape index (κ1) is 10.5. The van der Waals surface area contributed by atoms with Crippen molar-refractivity contribution in [2.24, 2.45) is 0 Å². The Bertz CT molecular complexity index is 49.2. The second-order valence-electron chi connectivity index (χ2n) is 2.68. The van der Waals surface area contributed by atoms with E-state index < -0.39 is 0 Å². The topological polar surface area (TPSA) is 12.0 Å². The fourth-order valence-electron chi connectivity index (χ4n) is 0.984. The summed E-state index contributed by atoms with van der Waals surface area (Å²) in [5.41, 5.74) is 0. The molecular formula is C8H19NSe. The van der Waals surface area contributed by atoms with Gasteiger partial charge in [0.1, 0.15) is 0 Å². The van der Waals surface area contributed by atoms with E-state index in [1.807, 2.05) is 0 Å². The van der Waals surface area contributed by atoms with E-state index in [1.54, 1.807) is 0 Å². The van der Waals surface area contributed by atoms with Gasteiger partial charge in [-0.05, 0) is 0 Å². The first-order valence-corrected chi connectivity index (χ1v) is 5.22. The molecule has 0 aliphatic heterocycles. The zero-order valence-corrected chi connectivity index (χ0v) is 8.77. The van der Waals surface area contributed by atoms with Crippen molar-refractivity contribution in [3.63, 3.8) is 0 Å². The van der Waals surface area contributed by atoms with Gasteiger partial charge in [-0.3, -0.25) is 0 Å². The van der Waals surface area contributed by atoms with E-state index in [0.29, 0.717) is 0 Å². The molecule has 0 amide bonds. The Morgan fingerprint density at radius 3 is 2.20 bits per heavy atom. The van der Waals surface area contributed by atoms with Crippen LogP contribution < -0.4 is 4.33 Å². The summed E-state index contributed by atoms with van der Waals surface area (Å²) in [5, 5.41) is 0. The predicted molar refractivity (Wildman–Crippen MR) is 48.5 cm³/mol. The van der Waals surface area contributed by atoms with E-state index in [4.69, 9.17) is 0 Å². The molecule has 0 aliphatic carbocycles. The summed E-state index contributed by atoms with van der Waals surface area (Å²) in [5.74, 6) is 0. The molecule has 0 saturated carbocycles. The first-order chi connectivity index (χ1) is 4.91. The molecule has 0 aromatic heterocycles. The molecule has 0 radical (unpaired) electrons. The summed E-state index contributed by atoms with van der Waals surface area (Å²) in [6.45, 7) is 3.41. The molecule has 0 aromatic carbocycles. The summed E-state index contributed by atoms with van der Waals surface area (Å²) in [6, 6.07) is 0. The molecule has 0 rings (SSSR count). The van der Waals surface area contributed by atoms with Gasteiger partial charge in [0, 0.05) is 0 Å². The Morgan fingerprint density at radius 2 is 1.60 bits per heavy atom. The van der Waals surface area contributed by atoms with E-state index in [-0.39, 0.29) is 0 Å². The Kier molecular flexibility index (Phi) is 9.93. The molecule has 2 heteroatoms. The molecule has 0 aromatic rings. The van der Waals surface area contributed by atoms with Crippen molar-refractivity contribution < 1.29 is 0 Å². The van der Waals surface area contributed by atoms with Crippen LogP contribution in [-0.2, 0) is 0 Å². The fraction of sp³-hybridized carbons (Fsp3) is 1.00. The molecule has 1 N–H and O–H groups in total. The summed E-state index contributed by atoms with van der Waals surface area (Å²) < 4.78 is 3.10. The monoisotopic (exact) mass is 209 g/mol. The van der Waals surface area contributed by atoms with Crippen molar-refractivity contribution in [2.75, 3.05) is 6.54 Å². The number of hydrogen-bond donors (Lipinski definition) is 1. The molecule has 0 unspecified atom stereocenters. The molecular weight excluding hydrogens is 189 g/mol. The number of hydrogen-bond acceptors (Lipinski definition) is 1. The van der Waals surface area contributed by atoms with Crippen molar-refractivity contribution in [1.29, 1.82) is 0 Å². The van der Waals surface area contributed by atoms with Gasteiger partial charge in [-0.1, -0.05) is 0 Å². The van der Waals surface area contributed by atoms with Crippen LogP contribution in [0.2, 0.25) is 0 Å². The summed E-state index contributed by atoms with van der Waals surface area (Å²) in [4.78, 5) is 0. The maximum atomic E-state index is 3.10. The van der Waals surface area contributed by atoms with Crippen LogP contribution in [0.25, 0.3) is 0 Å². The van der Waals surface area contributed by atoms with Crippen molar-refractivity contribution in [3.05, 3.63) is 0 Å². The SMILES string of the molecule is CCCCCCCCN[SeH]. The van der Waals surface area contributed by atoms with Crippen molar-refractivity contribution in [1.82, 2.24) is 4.33 Å². The first-order valence-electron chi connectivity index (χ1n) is 4.28. The Morgan fingerprint density at radius 1 is 1.00 bits per heavy atom.